The fourth-order valence-electron chi connectivity index (χ4n) is 2.38. The minimum absolute atomic E-state index is 0. The normalized spacial score (nSPS) is 15.9. The maximum atomic E-state index is 12.7. The maximum absolute atomic E-state index is 12.7. The zero-order valence-electron chi connectivity index (χ0n) is 11.5. The highest BCUT2D eigenvalue weighted by atomic mass is 35.5. The van der Waals surface area contributed by atoms with E-state index in [9.17, 15) is 8.42 Å². The van der Waals surface area contributed by atoms with Gasteiger partial charge >= 0.3 is 0 Å². The van der Waals surface area contributed by atoms with Crippen LogP contribution in [0.3, 0.4) is 0 Å². The number of fused-ring (bicyclic) bond motifs is 1. The average molecular weight is 385 g/mol. The van der Waals surface area contributed by atoms with Gasteiger partial charge in [-0.05, 0) is 18.2 Å². The number of nitrogens with one attached hydrogen (secondary N) is 1. The Morgan fingerprint density at radius 2 is 1.77 bits per heavy atom. The van der Waals surface area contributed by atoms with Crippen molar-refractivity contribution in [2.75, 3.05) is 26.2 Å². The minimum Gasteiger partial charge on any atom is -0.314 e. The molecular formula is C13H16Cl3N3O2S. The van der Waals surface area contributed by atoms with Crippen LogP contribution in [-0.4, -0.2) is 43.9 Å². The molecule has 1 N–H and O–H groups in total. The third kappa shape index (κ3) is 3.48. The summed E-state index contributed by atoms with van der Waals surface area (Å²) in [6.07, 6.45) is 3.17. The number of hydrogen-bond donors (Lipinski definition) is 1. The number of rotatable bonds is 2. The van der Waals surface area contributed by atoms with Crippen LogP contribution in [0.4, 0.5) is 0 Å². The van der Waals surface area contributed by atoms with Crippen molar-refractivity contribution in [3.8, 4) is 0 Å². The maximum Gasteiger partial charge on any atom is 0.243 e. The molecule has 22 heavy (non-hydrogen) atoms. The fraction of sp³-hybridized carbons (Fsp3) is 0.308. The van der Waals surface area contributed by atoms with Crippen molar-refractivity contribution in [3.05, 3.63) is 35.6 Å². The molecule has 0 bridgehead atoms. The number of nitrogens with zero attached hydrogens (tertiary/aromatic N) is 2. The predicted molar refractivity (Wildman–Crippen MR) is 92.9 cm³/mol. The van der Waals surface area contributed by atoms with Gasteiger partial charge in [0.2, 0.25) is 10.0 Å². The Hall–Kier alpha value is -0.630. The molecule has 1 saturated heterocycles. The van der Waals surface area contributed by atoms with Gasteiger partial charge in [0.1, 0.15) is 0 Å². The van der Waals surface area contributed by atoms with Gasteiger partial charge in [-0.3, -0.25) is 4.98 Å². The second-order valence-corrected chi connectivity index (χ2v) is 6.93. The van der Waals surface area contributed by atoms with Crippen LogP contribution in [0.15, 0.2) is 35.5 Å². The standard InChI is InChI=1S/C13H14ClN3O2S.2ClH/c14-12-1-2-13(10-3-4-16-9-11(10)12)20(18,19)17-7-5-15-6-8-17;;/h1-4,9,15H,5-8H2;2*1H. The van der Waals surface area contributed by atoms with Crippen molar-refractivity contribution in [1.29, 1.82) is 0 Å². The molecular weight excluding hydrogens is 369 g/mol. The zero-order valence-corrected chi connectivity index (χ0v) is 14.7. The lowest BCUT2D eigenvalue weighted by Crippen LogP contribution is -2.46. The summed E-state index contributed by atoms with van der Waals surface area (Å²) in [6.45, 7) is 2.31. The highest BCUT2D eigenvalue weighted by molar-refractivity contribution is 7.89. The van der Waals surface area contributed by atoms with Crippen molar-refractivity contribution >= 4 is 57.2 Å². The molecule has 2 heterocycles. The number of halogens is 3. The molecule has 0 saturated carbocycles. The van der Waals surface area contributed by atoms with Crippen LogP contribution in [0.25, 0.3) is 10.8 Å². The van der Waals surface area contributed by atoms with Crippen LogP contribution in [0.1, 0.15) is 0 Å². The highest BCUT2D eigenvalue weighted by Gasteiger charge is 2.27. The van der Waals surface area contributed by atoms with Crippen molar-refractivity contribution < 1.29 is 8.42 Å². The van der Waals surface area contributed by atoms with Gasteiger partial charge in [0, 0.05) is 49.3 Å². The van der Waals surface area contributed by atoms with E-state index in [1.165, 1.54) is 4.31 Å². The van der Waals surface area contributed by atoms with E-state index >= 15 is 0 Å². The van der Waals surface area contributed by atoms with Crippen LogP contribution in [-0.2, 0) is 10.0 Å². The molecule has 0 aliphatic carbocycles. The summed E-state index contributed by atoms with van der Waals surface area (Å²) in [5.41, 5.74) is 0. The Labute approximate surface area is 146 Å². The van der Waals surface area contributed by atoms with Crippen molar-refractivity contribution in [2.45, 2.75) is 4.90 Å². The molecule has 1 aromatic carbocycles. The van der Waals surface area contributed by atoms with Crippen molar-refractivity contribution in [3.63, 3.8) is 0 Å². The van der Waals surface area contributed by atoms with Crippen LogP contribution in [0, 0.1) is 0 Å². The van der Waals surface area contributed by atoms with E-state index in [1.807, 2.05) is 0 Å². The molecule has 1 aliphatic heterocycles. The first-order chi connectivity index (χ1) is 9.60. The zero-order chi connectivity index (χ0) is 14.2. The lowest BCUT2D eigenvalue weighted by atomic mass is 10.2. The lowest BCUT2D eigenvalue weighted by Gasteiger charge is -2.27. The topological polar surface area (TPSA) is 62.3 Å². The van der Waals surface area contributed by atoms with Gasteiger partial charge in [0.25, 0.3) is 0 Å². The quantitative estimate of drug-likeness (QED) is 0.863. The third-order valence-electron chi connectivity index (χ3n) is 3.42. The Morgan fingerprint density at radius 1 is 1.09 bits per heavy atom. The number of benzene rings is 1. The molecule has 0 unspecified atom stereocenters. The SMILES string of the molecule is Cl.Cl.O=S(=O)(c1ccc(Cl)c2cnccc12)N1CCNCC1. The molecule has 9 heteroatoms. The molecule has 1 aliphatic rings. The number of piperazine rings is 1. The summed E-state index contributed by atoms with van der Waals surface area (Å²) in [6, 6.07) is 4.87. The first-order valence-electron chi connectivity index (χ1n) is 6.34. The molecule has 122 valence electrons. The second-order valence-electron chi connectivity index (χ2n) is 4.62. The molecule has 0 atom stereocenters. The van der Waals surface area contributed by atoms with Crippen molar-refractivity contribution in [2.24, 2.45) is 0 Å². The smallest absolute Gasteiger partial charge is 0.243 e. The molecule has 0 spiro atoms. The van der Waals surface area contributed by atoms with Crippen LogP contribution in [0.5, 0.6) is 0 Å². The Kier molecular flexibility index (Phi) is 6.85. The Morgan fingerprint density at radius 3 is 2.45 bits per heavy atom. The Balaban J connectivity index is 0.00000121. The van der Waals surface area contributed by atoms with Gasteiger partial charge in [-0.1, -0.05) is 11.6 Å². The first kappa shape index (κ1) is 19.4. The van der Waals surface area contributed by atoms with E-state index in [0.717, 1.165) is 0 Å². The highest BCUT2D eigenvalue weighted by Crippen LogP contribution is 2.30. The predicted octanol–water partition coefficient (Wildman–Crippen LogP) is 2.33. The number of hydrogen-bond acceptors (Lipinski definition) is 4. The fourth-order valence-corrected chi connectivity index (χ4v) is 4.23. The second kappa shape index (κ2) is 7.77. The summed E-state index contributed by atoms with van der Waals surface area (Å²) in [5, 5.41) is 4.93. The minimum atomic E-state index is -3.50. The van der Waals surface area contributed by atoms with E-state index in [4.69, 9.17) is 11.6 Å². The number of sulfonamides is 1. The summed E-state index contributed by atoms with van der Waals surface area (Å²) in [4.78, 5) is 4.30. The van der Waals surface area contributed by atoms with Crippen molar-refractivity contribution in [1.82, 2.24) is 14.6 Å². The summed E-state index contributed by atoms with van der Waals surface area (Å²) in [7, 11) is -3.50. The van der Waals surface area contributed by atoms with E-state index in [1.54, 1.807) is 30.6 Å². The van der Waals surface area contributed by atoms with E-state index in [-0.39, 0.29) is 24.8 Å². The largest absolute Gasteiger partial charge is 0.314 e. The Bertz CT molecular complexity index is 749. The number of aromatic nitrogens is 1. The van der Waals surface area contributed by atoms with Crippen LogP contribution in [0.2, 0.25) is 5.02 Å². The molecule has 1 fully saturated rings. The lowest BCUT2D eigenvalue weighted by molar-refractivity contribution is 0.360. The van der Waals surface area contributed by atoms with E-state index in [0.29, 0.717) is 46.9 Å². The molecule has 2 aromatic rings. The van der Waals surface area contributed by atoms with E-state index < -0.39 is 10.0 Å². The summed E-state index contributed by atoms with van der Waals surface area (Å²) < 4.78 is 27.0. The van der Waals surface area contributed by atoms with Gasteiger partial charge in [-0.25, -0.2) is 8.42 Å². The monoisotopic (exact) mass is 383 g/mol. The molecule has 0 radical (unpaired) electrons. The first-order valence-corrected chi connectivity index (χ1v) is 8.15. The molecule has 1 aromatic heterocycles. The van der Waals surface area contributed by atoms with Gasteiger partial charge in [0.15, 0.2) is 0 Å². The molecule has 5 nitrogen and oxygen atoms in total. The summed E-state index contributed by atoms with van der Waals surface area (Å²) in [5.74, 6) is 0. The van der Waals surface area contributed by atoms with Crippen LogP contribution >= 0.6 is 36.4 Å². The molecule has 0 amide bonds. The molecule has 3 rings (SSSR count). The van der Waals surface area contributed by atoms with Gasteiger partial charge in [0.05, 0.1) is 9.92 Å². The number of pyridine rings is 1. The van der Waals surface area contributed by atoms with Gasteiger partial charge in [-0.2, -0.15) is 4.31 Å². The average Bonchev–Trinajstić information content (AvgIpc) is 2.48. The summed E-state index contributed by atoms with van der Waals surface area (Å²) >= 11 is 6.11. The van der Waals surface area contributed by atoms with Crippen LogP contribution < -0.4 is 5.32 Å². The van der Waals surface area contributed by atoms with Gasteiger partial charge in [-0.15, -0.1) is 24.8 Å². The third-order valence-corrected chi connectivity index (χ3v) is 5.71. The van der Waals surface area contributed by atoms with E-state index in [2.05, 4.69) is 10.3 Å². The van der Waals surface area contributed by atoms with Gasteiger partial charge < -0.3 is 5.32 Å².